The van der Waals surface area contributed by atoms with Crippen LogP contribution < -0.4 is 10.6 Å². The van der Waals surface area contributed by atoms with Crippen LogP contribution in [0.25, 0.3) is 10.7 Å². The predicted octanol–water partition coefficient (Wildman–Crippen LogP) is 4.03. The van der Waals surface area contributed by atoms with Crippen molar-refractivity contribution in [1.82, 2.24) is 20.1 Å². The number of carbonyl (C=O) groups is 2. The number of anilines is 1. The Kier molecular flexibility index (Phi) is 8.10. The Morgan fingerprint density at radius 1 is 1.32 bits per heavy atom. The van der Waals surface area contributed by atoms with Crippen molar-refractivity contribution >= 4 is 41.1 Å². The van der Waals surface area contributed by atoms with Crippen molar-refractivity contribution in [2.24, 2.45) is 0 Å². The van der Waals surface area contributed by atoms with Gasteiger partial charge in [-0.25, -0.2) is 0 Å². The number of benzene rings is 1. The second-order valence-electron chi connectivity index (χ2n) is 6.75. The minimum absolute atomic E-state index is 0.197. The summed E-state index contributed by atoms with van der Waals surface area (Å²) in [4.78, 5) is 26.2. The third kappa shape index (κ3) is 5.87. The van der Waals surface area contributed by atoms with Crippen molar-refractivity contribution in [3.05, 3.63) is 52.1 Å². The molecular weight excluding hydrogens is 434 g/mol. The second kappa shape index (κ2) is 11.0. The number of aromatic amines is 1. The number of ether oxygens (including phenoxy) is 1. The molecule has 0 radical (unpaired) electrons. The maximum Gasteiger partial charge on any atom is 0.251 e. The first-order chi connectivity index (χ1) is 15.0. The van der Waals surface area contributed by atoms with Crippen LogP contribution in [0, 0.1) is 4.77 Å². The van der Waals surface area contributed by atoms with Gasteiger partial charge in [0.15, 0.2) is 10.6 Å². The van der Waals surface area contributed by atoms with E-state index in [0.717, 1.165) is 11.3 Å². The molecule has 0 aliphatic heterocycles. The van der Waals surface area contributed by atoms with Crippen LogP contribution in [0.4, 0.5) is 5.69 Å². The largest absolute Gasteiger partial charge is 0.382 e. The number of H-pyrrole nitrogens is 1. The van der Waals surface area contributed by atoms with Crippen LogP contribution in [-0.4, -0.2) is 46.3 Å². The maximum absolute atomic E-state index is 12.9. The normalized spacial score (nSPS) is 11.8. The Morgan fingerprint density at radius 2 is 2.16 bits per heavy atom. The highest BCUT2D eigenvalue weighted by atomic mass is 32.1. The zero-order valence-electron chi connectivity index (χ0n) is 17.4. The molecule has 0 spiro atoms. The fourth-order valence-electron chi connectivity index (χ4n) is 2.97. The molecule has 0 saturated heterocycles. The van der Waals surface area contributed by atoms with Gasteiger partial charge in [-0.3, -0.25) is 19.3 Å². The van der Waals surface area contributed by atoms with E-state index in [0.29, 0.717) is 41.6 Å². The number of amides is 2. The summed E-state index contributed by atoms with van der Waals surface area (Å²) in [5, 5.41) is 14.7. The second-order valence-corrected chi connectivity index (χ2v) is 8.09. The summed E-state index contributed by atoms with van der Waals surface area (Å²) in [5.74, 6) is 0.157. The standard InChI is InChI=1S/C21H25N5O3S2/c1-3-29-11-6-10-22-20(28)15-7-4-8-16(13-15)23-19(27)14(2)26-18(24-25-21(26)30)17-9-5-12-31-17/h4-5,7-9,12-14H,3,6,10-11H2,1-2H3,(H,22,28)(H,23,27)(H,25,30). The number of hydrogen-bond acceptors (Lipinski definition) is 6. The molecule has 10 heteroatoms. The van der Waals surface area contributed by atoms with Crippen LogP contribution in [0.5, 0.6) is 0 Å². The fraction of sp³-hybridized carbons (Fsp3) is 0.333. The summed E-state index contributed by atoms with van der Waals surface area (Å²) >= 11 is 6.86. The molecule has 3 rings (SSSR count). The number of carbonyl (C=O) groups excluding carboxylic acids is 2. The van der Waals surface area contributed by atoms with Gasteiger partial charge in [-0.1, -0.05) is 12.1 Å². The summed E-state index contributed by atoms with van der Waals surface area (Å²) in [6.45, 7) is 5.48. The maximum atomic E-state index is 12.9. The molecule has 8 nitrogen and oxygen atoms in total. The zero-order chi connectivity index (χ0) is 22.2. The Bertz CT molecular complexity index is 1070. The summed E-state index contributed by atoms with van der Waals surface area (Å²) in [5.41, 5.74) is 1.01. The first-order valence-electron chi connectivity index (χ1n) is 9.99. The minimum Gasteiger partial charge on any atom is -0.382 e. The lowest BCUT2D eigenvalue weighted by Crippen LogP contribution is -2.26. The smallest absolute Gasteiger partial charge is 0.251 e. The lowest BCUT2D eigenvalue weighted by molar-refractivity contribution is -0.118. The molecule has 31 heavy (non-hydrogen) atoms. The topological polar surface area (TPSA) is 101 Å². The van der Waals surface area contributed by atoms with Crippen LogP contribution in [-0.2, 0) is 9.53 Å². The van der Waals surface area contributed by atoms with Crippen LogP contribution >= 0.6 is 23.6 Å². The Balaban J connectivity index is 1.66. The van der Waals surface area contributed by atoms with Gasteiger partial charge in [-0.05, 0) is 62.1 Å². The Hall–Kier alpha value is -2.82. The van der Waals surface area contributed by atoms with Gasteiger partial charge in [0.25, 0.3) is 5.91 Å². The third-order valence-corrected chi connectivity index (χ3v) is 5.71. The molecule has 2 heterocycles. The molecule has 0 saturated carbocycles. The molecule has 164 valence electrons. The Morgan fingerprint density at radius 3 is 2.90 bits per heavy atom. The van der Waals surface area contributed by atoms with E-state index in [2.05, 4.69) is 20.8 Å². The summed E-state index contributed by atoms with van der Waals surface area (Å²) < 4.78 is 7.32. The van der Waals surface area contributed by atoms with Gasteiger partial charge >= 0.3 is 0 Å². The SMILES string of the molecule is CCOCCCNC(=O)c1cccc(NC(=O)C(C)n2c(-c3cccs3)n[nH]c2=S)c1. The first-order valence-corrected chi connectivity index (χ1v) is 11.3. The van der Waals surface area contributed by atoms with Gasteiger partial charge in [0.1, 0.15) is 6.04 Å². The summed E-state index contributed by atoms with van der Waals surface area (Å²) in [7, 11) is 0. The molecule has 0 bridgehead atoms. The molecule has 3 aromatic rings. The first kappa shape index (κ1) is 22.9. The average Bonchev–Trinajstić information content (AvgIpc) is 3.42. The molecule has 2 amide bonds. The lowest BCUT2D eigenvalue weighted by atomic mass is 10.1. The van der Waals surface area contributed by atoms with Crippen LogP contribution in [0.3, 0.4) is 0 Å². The van der Waals surface area contributed by atoms with Crippen molar-refractivity contribution in [2.45, 2.75) is 26.3 Å². The monoisotopic (exact) mass is 459 g/mol. The Labute approximate surface area is 189 Å². The van der Waals surface area contributed by atoms with E-state index in [-0.39, 0.29) is 11.8 Å². The van der Waals surface area contributed by atoms with Gasteiger partial charge < -0.3 is 15.4 Å². The lowest BCUT2D eigenvalue weighted by Gasteiger charge is -2.15. The van der Waals surface area contributed by atoms with E-state index in [1.54, 1.807) is 35.8 Å². The van der Waals surface area contributed by atoms with Crippen molar-refractivity contribution in [1.29, 1.82) is 0 Å². The molecule has 0 aliphatic rings. The van der Waals surface area contributed by atoms with Crippen molar-refractivity contribution in [3.63, 3.8) is 0 Å². The van der Waals surface area contributed by atoms with Crippen LogP contribution in [0.15, 0.2) is 41.8 Å². The number of aromatic nitrogens is 3. The summed E-state index contributed by atoms with van der Waals surface area (Å²) in [6, 6.07) is 10.1. The summed E-state index contributed by atoms with van der Waals surface area (Å²) in [6.07, 6.45) is 0.741. The van der Waals surface area contributed by atoms with Crippen LogP contribution in [0.2, 0.25) is 0 Å². The number of thiophene rings is 1. The predicted molar refractivity (Wildman–Crippen MR) is 124 cm³/mol. The van der Waals surface area contributed by atoms with Gasteiger partial charge in [0.2, 0.25) is 5.91 Å². The van der Waals surface area contributed by atoms with E-state index >= 15 is 0 Å². The highest BCUT2D eigenvalue weighted by molar-refractivity contribution is 7.71. The van der Waals surface area contributed by atoms with E-state index < -0.39 is 6.04 Å². The number of rotatable bonds is 10. The molecule has 1 aromatic carbocycles. The molecule has 0 fully saturated rings. The van der Waals surface area contributed by atoms with Gasteiger partial charge in [0, 0.05) is 31.0 Å². The molecular formula is C21H25N5O3S2. The van der Waals surface area contributed by atoms with E-state index in [4.69, 9.17) is 17.0 Å². The molecule has 1 unspecified atom stereocenters. The number of nitrogens with zero attached hydrogens (tertiary/aromatic N) is 2. The molecule has 1 atom stereocenters. The van der Waals surface area contributed by atoms with Crippen LogP contribution in [0.1, 0.15) is 36.7 Å². The van der Waals surface area contributed by atoms with Gasteiger partial charge in [0.05, 0.1) is 4.88 Å². The fourth-order valence-corrected chi connectivity index (χ4v) is 3.97. The van der Waals surface area contributed by atoms with Gasteiger partial charge in [-0.15, -0.1) is 11.3 Å². The number of hydrogen-bond donors (Lipinski definition) is 3. The van der Waals surface area contributed by atoms with E-state index in [1.165, 1.54) is 11.3 Å². The minimum atomic E-state index is -0.598. The average molecular weight is 460 g/mol. The molecule has 2 aromatic heterocycles. The quantitative estimate of drug-likeness (QED) is 0.314. The zero-order valence-corrected chi connectivity index (χ0v) is 19.0. The number of nitrogens with one attached hydrogen (secondary N) is 3. The van der Waals surface area contributed by atoms with Gasteiger partial charge in [-0.2, -0.15) is 5.10 Å². The van der Waals surface area contributed by atoms with Crippen molar-refractivity contribution in [2.75, 3.05) is 25.1 Å². The van der Waals surface area contributed by atoms with Crippen molar-refractivity contribution < 1.29 is 14.3 Å². The highest BCUT2D eigenvalue weighted by Crippen LogP contribution is 2.26. The highest BCUT2D eigenvalue weighted by Gasteiger charge is 2.21. The third-order valence-electron chi connectivity index (χ3n) is 4.56. The van der Waals surface area contributed by atoms with E-state index in [9.17, 15) is 9.59 Å². The molecule has 3 N–H and O–H groups in total. The van der Waals surface area contributed by atoms with Crippen molar-refractivity contribution in [3.8, 4) is 10.7 Å². The van der Waals surface area contributed by atoms with E-state index in [1.807, 2.05) is 24.4 Å². The molecule has 0 aliphatic carbocycles.